The quantitative estimate of drug-likeness (QED) is 0.528. The third kappa shape index (κ3) is 4.97. The van der Waals surface area contributed by atoms with Crippen molar-refractivity contribution in [2.45, 2.75) is 36.9 Å². The monoisotopic (exact) mass is 347 g/mol. The molecule has 0 unspecified atom stereocenters. The summed E-state index contributed by atoms with van der Waals surface area (Å²) in [5.41, 5.74) is 0. The highest BCUT2D eigenvalue weighted by Crippen LogP contribution is 2.19. The summed E-state index contributed by atoms with van der Waals surface area (Å²) >= 11 is 0.852. The predicted molar refractivity (Wildman–Crippen MR) is 84.3 cm³/mol. The standard InChI is InChI=1S/C12H21N5O3S2/c1-2-10(18)14-11-15-16-12(21-11)22(19,20)13-6-5-9-17-7-3-4-8-17/h13H,2-9H2,1H3,(H,14,15,18). The molecule has 1 saturated heterocycles. The van der Waals surface area contributed by atoms with Gasteiger partial charge in [-0.25, -0.2) is 13.1 Å². The molecule has 0 atom stereocenters. The minimum Gasteiger partial charge on any atom is -0.303 e. The first-order valence-electron chi connectivity index (χ1n) is 7.36. The summed E-state index contributed by atoms with van der Waals surface area (Å²) < 4.78 is 26.5. The summed E-state index contributed by atoms with van der Waals surface area (Å²) in [4.78, 5) is 13.6. The summed E-state index contributed by atoms with van der Waals surface area (Å²) in [5.74, 6) is -0.223. The van der Waals surface area contributed by atoms with Crippen molar-refractivity contribution in [2.24, 2.45) is 0 Å². The van der Waals surface area contributed by atoms with Gasteiger partial charge < -0.3 is 10.2 Å². The lowest BCUT2D eigenvalue weighted by atomic mass is 10.4. The van der Waals surface area contributed by atoms with Crippen LogP contribution in [-0.2, 0) is 14.8 Å². The smallest absolute Gasteiger partial charge is 0.269 e. The molecule has 1 aromatic heterocycles. The van der Waals surface area contributed by atoms with Gasteiger partial charge in [0.25, 0.3) is 10.0 Å². The largest absolute Gasteiger partial charge is 0.303 e. The van der Waals surface area contributed by atoms with Crippen molar-refractivity contribution < 1.29 is 13.2 Å². The first-order valence-corrected chi connectivity index (χ1v) is 9.66. The third-order valence-electron chi connectivity index (χ3n) is 3.35. The van der Waals surface area contributed by atoms with Crippen molar-refractivity contribution in [3.05, 3.63) is 0 Å². The van der Waals surface area contributed by atoms with Gasteiger partial charge in [0.05, 0.1) is 0 Å². The lowest BCUT2D eigenvalue weighted by Gasteiger charge is -2.13. The van der Waals surface area contributed by atoms with Gasteiger partial charge in [0, 0.05) is 13.0 Å². The molecule has 0 saturated carbocycles. The van der Waals surface area contributed by atoms with E-state index in [1.54, 1.807) is 6.92 Å². The Morgan fingerprint density at radius 1 is 1.32 bits per heavy atom. The molecule has 10 heteroatoms. The second kappa shape index (κ2) is 7.95. The molecule has 0 aliphatic carbocycles. The zero-order valence-electron chi connectivity index (χ0n) is 12.5. The molecule has 22 heavy (non-hydrogen) atoms. The number of nitrogens with zero attached hydrogens (tertiary/aromatic N) is 3. The molecule has 1 aromatic rings. The van der Waals surface area contributed by atoms with Gasteiger partial charge in [0.1, 0.15) is 0 Å². The fraction of sp³-hybridized carbons (Fsp3) is 0.750. The molecule has 2 N–H and O–H groups in total. The fourth-order valence-corrected chi connectivity index (χ4v) is 4.18. The van der Waals surface area contributed by atoms with Gasteiger partial charge in [-0.3, -0.25) is 4.79 Å². The molecule has 0 radical (unpaired) electrons. The number of hydrogen-bond acceptors (Lipinski definition) is 7. The van der Waals surface area contributed by atoms with Crippen molar-refractivity contribution in [1.29, 1.82) is 0 Å². The van der Waals surface area contributed by atoms with E-state index in [4.69, 9.17) is 0 Å². The van der Waals surface area contributed by atoms with Crippen LogP contribution in [0.2, 0.25) is 0 Å². The Balaban J connectivity index is 1.80. The van der Waals surface area contributed by atoms with Gasteiger partial charge in [-0.1, -0.05) is 18.3 Å². The Bertz CT molecular complexity index is 596. The summed E-state index contributed by atoms with van der Waals surface area (Å²) in [5, 5.41) is 9.99. The van der Waals surface area contributed by atoms with E-state index in [9.17, 15) is 13.2 Å². The van der Waals surface area contributed by atoms with E-state index >= 15 is 0 Å². The van der Waals surface area contributed by atoms with Crippen LogP contribution >= 0.6 is 11.3 Å². The van der Waals surface area contributed by atoms with Gasteiger partial charge in [-0.2, -0.15) is 0 Å². The van der Waals surface area contributed by atoms with Gasteiger partial charge in [0.15, 0.2) is 0 Å². The maximum Gasteiger partial charge on any atom is 0.269 e. The number of likely N-dealkylation sites (tertiary alicyclic amines) is 1. The van der Waals surface area contributed by atoms with Gasteiger partial charge in [-0.15, -0.1) is 10.2 Å². The van der Waals surface area contributed by atoms with Crippen LogP contribution in [0.1, 0.15) is 32.6 Å². The molecule has 1 amide bonds. The molecule has 2 heterocycles. The minimum absolute atomic E-state index is 0.125. The van der Waals surface area contributed by atoms with Gasteiger partial charge in [0.2, 0.25) is 15.4 Å². The number of nitrogens with one attached hydrogen (secondary N) is 2. The second-order valence-electron chi connectivity index (χ2n) is 5.07. The van der Waals surface area contributed by atoms with Gasteiger partial charge >= 0.3 is 0 Å². The van der Waals surface area contributed by atoms with Crippen molar-refractivity contribution in [2.75, 3.05) is 31.5 Å². The third-order valence-corrected chi connectivity index (χ3v) is 6.01. The molecule has 0 spiro atoms. The molecule has 0 bridgehead atoms. The molecule has 124 valence electrons. The van der Waals surface area contributed by atoms with Gasteiger partial charge in [-0.05, 0) is 38.9 Å². The van der Waals surface area contributed by atoms with Crippen LogP contribution in [0.15, 0.2) is 4.34 Å². The first kappa shape index (κ1) is 17.3. The average Bonchev–Trinajstić information content (AvgIpc) is 3.15. The summed E-state index contributed by atoms with van der Waals surface area (Å²) in [6, 6.07) is 0. The number of hydrogen-bond donors (Lipinski definition) is 2. The predicted octanol–water partition coefficient (Wildman–Crippen LogP) is 0.651. The average molecular weight is 347 g/mol. The Kier molecular flexibility index (Phi) is 6.24. The molecular weight excluding hydrogens is 326 g/mol. The maximum atomic E-state index is 12.1. The lowest BCUT2D eigenvalue weighted by molar-refractivity contribution is -0.115. The topological polar surface area (TPSA) is 104 Å². The van der Waals surface area contributed by atoms with Crippen LogP contribution in [0.3, 0.4) is 0 Å². The van der Waals surface area contributed by atoms with Crippen LogP contribution in [0, 0.1) is 0 Å². The molecule has 0 aromatic carbocycles. The van der Waals surface area contributed by atoms with E-state index in [2.05, 4.69) is 25.1 Å². The fourth-order valence-electron chi connectivity index (χ4n) is 2.15. The highest BCUT2D eigenvalue weighted by molar-refractivity contribution is 7.91. The van der Waals surface area contributed by atoms with E-state index < -0.39 is 10.0 Å². The Hall–Kier alpha value is -1.10. The summed E-state index contributed by atoms with van der Waals surface area (Å²) in [7, 11) is -3.65. The number of amides is 1. The van der Waals surface area contributed by atoms with Crippen LogP contribution < -0.4 is 10.0 Å². The number of carbonyl (C=O) groups is 1. The van der Waals surface area contributed by atoms with E-state index in [0.29, 0.717) is 13.0 Å². The van der Waals surface area contributed by atoms with Crippen LogP contribution in [0.5, 0.6) is 0 Å². The van der Waals surface area contributed by atoms with Crippen molar-refractivity contribution in [1.82, 2.24) is 19.8 Å². The number of anilines is 1. The summed E-state index contributed by atoms with van der Waals surface area (Å²) in [6.45, 7) is 5.18. The molecule has 1 aliphatic heterocycles. The maximum absolute atomic E-state index is 12.1. The summed E-state index contributed by atoms with van der Waals surface area (Å²) in [6.07, 6.45) is 3.51. The molecule has 8 nitrogen and oxygen atoms in total. The number of aromatic nitrogens is 2. The number of sulfonamides is 1. The highest BCUT2D eigenvalue weighted by atomic mass is 32.2. The van der Waals surface area contributed by atoms with Crippen LogP contribution in [-0.4, -0.2) is 55.6 Å². The second-order valence-corrected chi connectivity index (χ2v) is 7.99. The zero-order chi connectivity index (χ0) is 16.0. The van der Waals surface area contributed by atoms with Crippen molar-refractivity contribution in [3.63, 3.8) is 0 Å². The number of carbonyl (C=O) groups excluding carboxylic acids is 1. The first-order chi connectivity index (χ1) is 10.5. The SMILES string of the molecule is CCC(=O)Nc1nnc(S(=O)(=O)NCCCN2CCCC2)s1. The van der Waals surface area contributed by atoms with Crippen molar-refractivity contribution in [3.8, 4) is 0 Å². The molecular formula is C12H21N5O3S2. The van der Waals surface area contributed by atoms with E-state index in [-0.39, 0.29) is 15.4 Å². The lowest BCUT2D eigenvalue weighted by Crippen LogP contribution is -2.28. The van der Waals surface area contributed by atoms with E-state index in [1.807, 2.05) is 0 Å². The Morgan fingerprint density at radius 2 is 2.05 bits per heavy atom. The van der Waals surface area contributed by atoms with Crippen molar-refractivity contribution >= 4 is 32.4 Å². The number of rotatable bonds is 8. The van der Waals surface area contributed by atoms with E-state index in [0.717, 1.165) is 37.4 Å². The molecule has 1 aliphatic rings. The molecule has 2 rings (SSSR count). The molecule has 1 fully saturated rings. The Morgan fingerprint density at radius 3 is 2.73 bits per heavy atom. The van der Waals surface area contributed by atoms with E-state index in [1.165, 1.54) is 12.8 Å². The van der Waals surface area contributed by atoms with Crippen LogP contribution in [0.4, 0.5) is 5.13 Å². The Labute approximate surface area is 134 Å². The normalized spacial score (nSPS) is 16.0. The zero-order valence-corrected chi connectivity index (χ0v) is 14.2. The van der Waals surface area contributed by atoms with Crippen LogP contribution in [0.25, 0.3) is 0 Å². The highest BCUT2D eigenvalue weighted by Gasteiger charge is 2.20. The minimum atomic E-state index is -3.65.